The summed E-state index contributed by atoms with van der Waals surface area (Å²) in [4.78, 5) is 17.3. The highest BCUT2D eigenvalue weighted by atomic mass is 16.2. The maximum atomic E-state index is 12.8. The average Bonchev–Trinajstić information content (AvgIpc) is 2.89. The Kier molecular flexibility index (Phi) is 4.24. The van der Waals surface area contributed by atoms with Gasteiger partial charge < -0.3 is 9.80 Å². The van der Waals surface area contributed by atoms with Crippen LogP contribution in [0.15, 0.2) is 24.3 Å². The van der Waals surface area contributed by atoms with Crippen LogP contribution in [0.5, 0.6) is 0 Å². The molecule has 0 N–H and O–H groups in total. The molecule has 0 radical (unpaired) electrons. The van der Waals surface area contributed by atoms with Gasteiger partial charge in [-0.05, 0) is 37.8 Å². The van der Waals surface area contributed by atoms with E-state index < -0.39 is 0 Å². The topological polar surface area (TPSA) is 23.6 Å². The number of benzene rings is 1. The molecule has 0 atom stereocenters. The highest BCUT2D eigenvalue weighted by molar-refractivity contribution is 5.99. The van der Waals surface area contributed by atoms with E-state index in [4.69, 9.17) is 0 Å². The number of para-hydroxylation sites is 1. The summed E-state index contributed by atoms with van der Waals surface area (Å²) < 4.78 is 0. The number of carbonyl (C=O) groups is 1. The van der Waals surface area contributed by atoms with Crippen molar-refractivity contribution in [1.29, 1.82) is 0 Å². The molecule has 3 rings (SSSR count). The Hall–Kier alpha value is -1.51. The van der Waals surface area contributed by atoms with Gasteiger partial charge in [0.25, 0.3) is 5.91 Å². The number of hydrogen-bond donors (Lipinski definition) is 0. The Bertz CT molecular complexity index is 458. The number of rotatable bonds is 2. The third-order valence-electron chi connectivity index (χ3n) is 4.47. The number of hydrogen-bond acceptors (Lipinski definition) is 2. The van der Waals surface area contributed by atoms with Crippen LogP contribution in [0.4, 0.5) is 5.69 Å². The summed E-state index contributed by atoms with van der Waals surface area (Å²) in [7, 11) is 0. The van der Waals surface area contributed by atoms with Crippen LogP contribution in [0.25, 0.3) is 0 Å². The van der Waals surface area contributed by atoms with Crippen molar-refractivity contribution in [3.8, 4) is 0 Å². The molecule has 0 bridgehead atoms. The van der Waals surface area contributed by atoms with Gasteiger partial charge in [-0.15, -0.1) is 0 Å². The van der Waals surface area contributed by atoms with Gasteiger partial charge in [0.2, 0.25) is 0 Å². The molecule has 0 unspecified atom stereocenters. The van der Waals surface area contributed by atoms with E-state index in [0.29, 0.717) is 0 Å². The molecule has 20 heavy (non-hydrogen) atoms. The average molecular weight is 272 g/mol. The molecule has 0 aromatic heterocycles. The van der Waals surface area contributed by atoms with Gasteiger partial charge in [-0.3, -0.25) is 4.79 Å². The smallest absolute Gasteiger partial charge is 0.255 e. The van der Waals surface area contributed by atoms with E-state index in [2.05, 4.69) is 15.9 Å². The summed E-state index contributed by atoms with van der Waals surface area (Å²) in [6, 6.07) is 8.15. The van der Waals surface area contributed by atoms with Crippen LogP contribution in [-0.2, 0) is 0 Å². The monoisotopic (exact) mass is 272 g/mol. The van der Waals surface area contributed by atoms with Crippen LogP contribution in [0.2, 0.25) is 0 Å². The van der Waals surface area contributed by atoms with Crippen molar-refractivity contribution in [1.82, 2.24) is 4.90 Å². The molecule has 2 fully saturated rings. The third kappa shape index (κ3) is 2.82. The van der Waals surface area contributed by atoms with Crippen molar-refractivity contribution >= 4 is 11.6 Å². The van der Waals surface area contributed by atoms with E-state index in [-0.39, 0.29) is 5.91 Å². The highest BCUT2D eigenvalue weighted by Crippen LogP contribution is 2.26. The van der Waals surface area contributed by atoms with E-state index in [1.54, 1.807) is 0 Å². The van der Waals surface area contributed by atoms with Gasteiger partial charge in [-0.2, -0.15) is 0 Å². The fourth-order valence-electron chi connectivity index (χ4n) is 3.33. The molecule has 2 heterocycles. The van der Waals surface area contributed by atoms with Crippen LogP contribution in [0, 0.1) is 0 Å². The van der Waals surface area contributed by atoms with Crippen LogP contribution in [0.3, 0.4) is 0 Å². The van der Waals surface area contributed by atoms with Gasteiger partial charge >= 0.3 is 0 Å². The van der Waals surface area contributed by atoms with E-state index in [1.807, 2.05) is 18.2 Å². The van der Waals surface area contributed by atoms with Crippen LogP contribution < -0.4 is 4.90 Å². The summed E-state index contributed by atoms with van der Waals surface area (Å²) in [5.41, 5.74) is 2.04. The zero-order valence-electron chi connectivity index (χ0n) is 12.2. The molecular formula is C17H24N2O. The predicted octanol–water partition coefficient (Wildman–Crippen LogP) is 3.30. The first kappa shape index (κ1) is 13.5. The first-order chi connectivity index (χ1) is 9.86. The van der Waals surface area contributed by atoms with Gasteiger partial charge in [-0.1, -0.05) is 25.0 Å². The minimum atomic E-state index is 0.231. The maximum Gasteiger partial charge on any atom is 0.255 e. The summed E-state index contributed by atoms with van der Waals surface area (Å²) in [5.74, 6) is 0.231. The number of carbonyl (C=O) groups excluding carboxylic acids is 1. The summed E-state index contributed by atoms with van der Waals surface area (Å²) in [5, 5.41) is 0. The first-order valence-electron chi connectivity index (χ1n) is 7.99. The Morgan fingerprint density at radius 1 is 0.800 bits per heavy atom. The minimum Gasteiger partial charge on any atom is -0.371 e. The largest absolute Gasteiger partial charge is 0.371 e. The molecule has 2 aliphatic rings. The molecule has 1 aromatic rings. The molecule has 0 aliphatic carbocycles. The lowest BCUT2D eigenvalue weighted by molar-refractivity contribution is 0.0762. The Balaban J connectivity index is 1.83. The predicted molar refractivity (Wildman–Crippen MR) is 82.3 cm³/mol. The molecule has 3 heteroatoms. The molecule has 2 saturated heterocycles. The molecule has 108 valence electrons. The van der Waals surface area contributed by atoms with Crippen LogP contribution in [-0.4, -0.2) is 37.0 Å². The second kappa shape index (κ2) is 6.29. The molecule has 2 aliphatic heterocycles. The van der Waals surface area contributed by atoms with E-state index in [0.717, 1.165) is 50.3 Å². The molecule has 0 saturated carbocycles. The fraction of sp³-hybridized carbons (Fsp3) is 0.588. The summed E-state index contributed by atoms with van der Waals surface area (Å²) >= 11 is 0. The number of nitrogens with zero attached hydrogens (tertiary/aromatic N) is 2. The van der Waals surface area contributed by atoms with Crippen molar-refractivity contribution in [2.75, 3.05) is 31.1 Å². The van der Waals surface area contributed by atoms with Crippen molar-refractivity contribution in [3.05, 3.63) is 29.8 Å². The fourth-order valence-corrected chi connectivity index (χ4v) is 3.33. The first-order valence-corrected chi connectivity index (χ1v) is 7.99. The number of likely N-dealkylation sites (tertiary alicyclic amines) is 1. The van der Waals surface area contributed by atoms with E-state index in [1.165, 1.54) is 25.7 Å². The highest BCUT2D eigenvalue weighted by Gasteiger charge is 2.23. The molecule has 1 amide bonds. The summed E-state index contributed by atoms with van der Waals surface area (Å²) in [6.45, 7) is 4.02. The van der Waals surface area contributed by atoms with Gasteiger partial charge in [0.15, 0.2) is 0 Å². The normalized spacial score (nSPS) is 20.0. The molecule has 0 spiro atoms. The lowest BCUT2D eigenvalue weighted by atomic mass is 10.1. The van der Waals surface area contributed by atoms with Crippen molar-refractivity contribution in [2.24, 2.45) is 0 Å². The second-order valence-electron chi connectivity index (χ2n) is 5.92. The molecular weight excluding hydrogens is 248 g/mol. The Morgan fingerprint density at radius 3 is 2.10 bits per heavy atom. The van der Waals surface area contributed by atoms with Crippen LogP contribution in [0.1, 0.15) is 48.9 Å². The Labute approximate surface area is 121 Å². The van der Waals surface area contributed by atoms with Gasteiger partial charge in [0.1, 0.15) is 0 Å². The van der Waals surface area contributed by atoms with Gasteiger partial charge in [0.05, 0.1) is 5.56 Å². The lowest BCUT2D eigenvalue weighted by Gasteiger charge is -2.25. The van der Waals surface area contributed by atoms with E-state index in [9.17, 15) is 4.79 Å². The van der Waals surface area contributed by atoms with Gasteiger partial charge in [-0.25, -0.2) is 0 Å². The van der Waals surface area contributed by atoms with E-state index >= 15 is 0 Å². The number of anilines is 1. The second-order valence-corrected chi connectivity index (χ2v) is 5.92. The zero-order chi connectivity index (χ0) is 13.8. The number of amides is 1. The summed E-state index contributed by atoms with van der Waals surface area (Å²) in [6.07, 6.45) is 7.31. The van der Waals surface area contributed by atoms with Crippen molar-refractivity contribution in [2.45, 2.75) is 38.5 Å². The third-order valence-corrected chi connectivity index (χ3v) is 4.47. The van der Waals surface area contributed by atoms with Gasteiger partial charge in [0, 0.05) is 31.9 Å². The standard InChI is InChI=1S/C17H24N2O/c20-17(19-13-5-1-2-6-14-19)15-9-3-4-10-16(15)18-11-7-8-12-18/h3-4,9-10H,1-2,5-8,11-14H2. The quantitative estimate of drug-likeness (QED) is 0.824. The van der Waals surface area contributed by atoms with Crippen molar-refractivity contribution in [3.63, 3.8) is 0 Å². The van der Waals surface area contributed by atoms with Crippen molar-refractivity contribution < 1.29 is 4.79 Å². The molecule has 1 aromatic carbocycles. The van der Waals surface area contributed by atoms with Crippen LogP contribution >= 0.6 is 0 Å². The zero-order valence-corrected chi connectivity index (χ0v) is 12.2. The Morgan fingerprint density at radius 2 is 1.40 bits per heavy atom. The SMILES string of the molecule is O=C(c1ccccc1N1CCCC1)N1CCCCCC1. The molecule has 3 nitrogen and oxygen atoms in total. The maximum absolute atomic E-state index is 12.8. The minimum absolute atomic E-state index is 0.231. The lowest BCUT2D eigenvalue weighted by Crippen LogP contribution is -2.33.